The number of nitrogens with zero attached hydrogens (tertiary/aromatic N) is 1. The second-order valence-electron chi connectivity index (χ2n) is 5.06. The second-order valence-corrected chi connectivity index (χ2v) is 7.21. The van der Waals surface area contributed by atoms with Crippen molar-refractivity contribution in [2.75, 3.05) is 6.54 Å². The zero-order valence-corrected chi connectivity index (χ0v) is 13.9. The number of hydrogen-bond donors (Lipinski definition) is 0. The summed E-state index contributed by atoms with van der Waals surface area (Å²) in [5.41, 5.74) is 0.507. The molecule has 0 saturated carbocycles. The Morgan fingerprint density at radius 1 is 1.35 bits per heavy atom. The molecule has 1 rings (SSSR count). The van der Waals surface area contributed by atoms with E-state index in [9.17, 15) is 12.8 Å². The zero-order valence-electron chi connectivity index (χ0n) is 12.3. The lowest BCUT2D eigenvalue weighted by atomic mass is 10.1. The Labute approximate surface area is 125 Å². The number of rotatable bonds is 6. The van der Waals surface area contributed by atoms with Crippen molar-refractivity contribution in [3.8, 4) is 0 Å². The summed E-state index contributed by atoms with van der Waals surface area (Å²) >= 11 is 5.68. The van der Waals surface area contributed by atoms with Crippen LogP contribution in [0.25, 0.3) is 0 Å². The molecule has 0 spiro atoms. The van der Waals surface area contributed by atoms with Gasteiger partial charge in [-0.3, -0.25) is 0 Å². The van der Waals surface area contributed by atoms with Crippen LogP contribution in [-0.2, 0) is 15.9 Å². The maximum Gasteiger partial charge on any atom is 0.243 e. The van der Waals surface area contributed by atoms with Crippen LogP contribution < -0.4 is 0 Å². The summed E-state index contributed by atoms with van der Waals surface area (Å²) in [5, 5.41) is 0. The molecular weight excluding hydrogens is 301 g/mol. The van der Waals surface area contributed by atoms with Crippen molar-refractivity contribution in [2.45, 2.75) is 50.9 Å². The summed E-state index contributed by atoms with van der Waals surface area (Å²) in [4.78, 5) is 0.106. The quantitative estimate of drug-likeness (QED) is 0.749. The molecule has 0 N–H and O–H groups in total. The highest BCUT2D eigenvalue weighted by atomic mass is 35.5. The van der Waals surface area contributed by atoms with Gasteiger partial charge in [0.25, 0.3) is 0 Å². The Morgan fingerprint density at radius 2 is 1.95 bits per heavy atom. The van der Waals surface area contributed by atoms with Crippen LogP contribution in [0.2, 0.25) is 0 Å². The van der Waals surface area contributed by atoms with Gasteiger partial charge in [0.15, 0.2) is 0 Å². The van der Waals surface area contributed by atoms with Crippen molar-refractivity contribution < 1.29 is 12.8 Å². The summed E-state index contributed by atoms with van der Waals surface area (Å²) in [6, 6.07) is 2.55. The highest BCUT2D eigenvalue weighted by Crippen LogP contribution is 2.24. The molecule has 6 heteroatoms. The maximum absolute atomic E-state index is 13.8. The summed E-state index contributed by atoms with van der Waals surface area (Å²) < 4.78 is 40.5. The molecule has 1 aromatic rings. The molecular formula is C14H21ClFNO2S. The van der Waals surface area contributed by atoms with Crippen molar-refractivity contribution in [3.05, 3.63) is 29.1 Å². The van der Waals surface area contributed by atoms with Crippen molar-refractivity contribution in [3.63, 3.8) is 0 Å². The summed E-state index contributed by atoms with van der Waals surface area (Å²) in [6.45, 7) is 7.56. The zero-order chi connectivity index (χ0) is 15.5. The van der Waals surface area contributed by atoms with Gasteiger partial charge >= 0.3 is 0 Å². The minimum atomic E-state index is -3.63. The molecule has 0 saturated heterocycles. The first-order chi connectivity index (χ1) is 9.25. The predicted molar refractivity (Wildman–Crippen MR) is 80.0 cm³/mol. The molecule has 0 unspecified atom stereocenters. The van der Waals surface area contributed by atoms with Gasteiger partial charge < -0.3 is 0 Å². The first-order valence-corrected chi connectivity index (χ1v) is 8.60. The van der Waals surface area contributed by atoms with Crippen LogP contribution in [0.3, 0.4) is 0 Å². The first kappa shape index (κ1) is 17.4. The SMILES string of the molecule is CCCN(C(C)C)S(=O)(=O)c1cc(C)c(F)c(CCl)c1. The van der Waals surface area contributed by atoms with Gasteiger partial charge in [-0.1, -0.05) is 6.92 Å². The second kappa shape index (κ2) is 6.87. The van der Waals surface area contributed by atoms with Gasteiger partial charge in [0.2, 0.25) is 10.0 Å². The van der Waals surface area contributed by atoms with Crippen LogP contribution in [0.1, 0.15) is 38.3 Å². The van der Waals surface area contributed by atoms with Crippen LogP contribution in [0, 0.1) is 12.7 Å². The molecule has 0 bridgehead atoms. The van der Waals surface area contributed by atoms with Gasteiger partial charge in [-0.25, -0.2) is 12.8 Å². The molecule has 114 valence electrons. The van der Waals surface area contributed by atoms with Gasteiger partial charge in [0.05, 0.1) is 10.8 Å². The number of benzene rings is 1. The monoisotopic (exact) mass is 321 g/mol. The summed E-state index contributed by atoms with van der Waals surface area (Å²) in [6.07, 6.45) is 0.722. The molecule has 0 amide bonds. The number of alkyl halides is 1. The van der Waals surface area contributed by atoms with E-state index >= 15 is 0 Å². The highest BCUT2D eigenvalue weighted by Gasteiger charge is 2.27. The Balaban J connectivity index is 3.38. The Hall–Kier alpha value is -0.650. The van der Waals surface area contributed by atoms with E-state index in [1.165, 1.54) is 16.4 Å². The van der Waals surface area contributed by atoms with E-state index in [-0.39, 0.29) is 22.4 Å². The van der Waals surface area contributed by atoms with E-state index in [0.29, 0.717) is 12.1 Å². The van der Waals surface area contributed by atoms with E-state index in [2.05, 4.69) is 0 Å². The summed E-state index contributed by atoms with van der Waals surface area (Å²) in [5.74, 6) is -0.489. The minimum absolute atomic E-state index is 0.0501. The van der Waals surface area contributed by atoms with Gasteiger partial charge in [0, 0.05) is 18.2 Å². The third-order valence-corrected chi connectivity index (χ3v) is 5.41. The Morgan fingerprint density at radius 3 is 2.40 bits per heavy atom. The van der Waals surface area contributed by atoms with E-state index < -0.39 is 15.8 Å². The van der Waals surface area contributed by atoms with E-state index in [0.717, 1.165) is 6.42 Å². The molecule has 0 fully saturated rings. The lowest BCUT2D eigenvalue weighted by Gasteiger charge is -2.26. The summed E-state index contributed by atoms with van der Waals surface area (Å²) in [7, 11) is -3.63. The fraction of sp³-hybridized carbons (Fsp3) is 0.571. The number of halogens is 2. The fourth-order valence-corrected chi connectivity index (χ4v) is 4.12. The molecule has 0 aromatic heterocycles. The van der Waals surface area contributed by atoms with Crippen molar-refractivity contribution in [1.29, 1.82) is 0 Å². The average Bonchev–Trinajstić information content (AvgIpc) is 2.38. The van der Waals surface area contributed by atoms with Crippen LogP contribution in [0.15, 0.2) is 17.0 Å². The molecule has 0 aliphatic carbocycles. The lowest BCUT2D eigenvalue weighted by molar-refractivity contribution is 0.354. The molecule has 0 atom stereocenters. The fourth-order valence-electron chi connectivity index (χ4n) is 2.06. The Kier molecular flexibility index (Phi) is 5.98. The van der Waals surface area contributed by atoms with Crippen molar-refractivity contribution in [1.82, 2.24) is 4.31 Å². The Bertz CT molecular complexity index is 573. The molecule has 0 heterocycles. The topological polar surface area (TPSA) is 37.4 Å². The van der Waals surface area contributed by atoms with E-state index in [1.807, 2.05) is 20.8 Å². The number of hydrogen-bond acceptors (Lipinski definition) is 2. The maximum atomic E-state index is 13.8. The van der Waals surface area contributed by atoms with E-state index in [1.54, 1.807) is 6.92 Å². The average molecular weight is 322 g/mol. The van der Waals surface area contributed by atoms with Crippen molar-refractivity contribution in [2.24, 2.45) is 0 Å². The van der Waals surface area contributed by atoms with Gasteiger partial charge in [-0.2, -0.15) is 4.31 Å². The van der Waals surface area contributed by atoms with Gasteiger partial charge in [-0.15, -0.1) is 11.6 Å². The lowest BCUT2D eigenvalue weighted by Crippen LogP contribution is -2.37. The molecule has 20 heavy (non-hydrogen) atoms. The van der Waals surface area contributed by atoms with Crippen LogP contribution in [-0.4, -0.2) is 25.3 Å². The van der Waals surface area contributed by atoms with Crippen LogP contribution in [0.5, 0.6) is 0 Å². The highest BCUT2D eigenvalue weighted by molar-refractivity contribution is 7.89. The third-order valence-electron chi connectivity index (χ3n) is 3.07. The molecule has 0 aliphatic rings. The van der Waals surface area contributed by atoms with Gasteiger partial charge in [0.1, 0.15) is 5.82 Å². The smallest absolute Gasteiger partial charge is 0.207 e. The van der Waals surface area contributed by atoms with Crippen LogP contribution in [0.4, 0.5) is 4.39 Å². The molecule has 3 nitrogen and oxygen atoms in total. The molecule has 0 aliphatic heterocycles. The number of sulfonamides is 1. The third kappa shape index (κ3) is 3.51. The van der Waals surface area contributed by atoms with Gasteiger partial charge in [-0.05, 0) is 44.9 Å². The molecule has 1 aromatic carbocycles. The normalized spacial score (nSPS) is 12.4. The molecule has 0 radical (unpaired) electrons. The number of aryl methyl sites for hydroxylation is 1. The van der Waals surface area contributed by atoms with Crippen molar-refractivity contribution >= 4 is 21.6 Å². The van der Waals surface area contributed by atoms with E-state index in [4.69, 9.17) is 11.6 Å². The largest absolute Gasteiger partial charge is 0.243 e. The predicted octanol–water partition coefficient (Wildman–Crippen LogP) is 3.68. The standard InChI is InChI=1S/C14H21ClFNO2S/c1-5-6-17(10(2)3)20(18,19)13-7-11(4)14(16)12(8-13)9-15/h7-8,10H,5-6,9H2,1-4H3. The van der Waals surface area contributed by atoms with Crippen LogP contribution >= 0.6 is 11.6 Å². The first-order valence-electron chi connectivity index (χ1n) is 6.62. The minimum Gasteiger partial charge on any atom is -0.207 e.